The summed E-state index contributed by atoms with van der Waals surface area (Å²) in [4.78, 5) is 28.5. The van der Waals surface area contributed by atoms with Gasteiger partial charge < -0.3 is 21.7 Å². The van der Waals surface area contributed by atoms with Gasteiger partial charge in [0.1, 0.15) is 11.5 Å². The fourth-order valence-corrected chi connectivity index (χ4v) is 4.49. The van der Waals surface area contributed by atoms with Crippen molar-refractivity contribution in [3.8, 4) is 0 Å². The summed E-state index contributed by atoms with van der Waals surface area (Å²) in [6.45, 7) is 1.80. The Kier molecular flexibility index (Phi) is 4.74. The van der Waals surface area contributed by atoms with Crippen molar-refractivity contribution < 1.29 is 0 Å². The first kappa shape index (κ1) is 18.8. The molecule has 30 heavy (non-hydrogen) atoms. The van der Waals surface area contributed by atoms with E-state index in [2.05, 4.69) is 25.2 Å². The van der Waals surface area contributed by atoms with E-state index in [4.69, 9.17) is 11.5 Å². The lowest BCUT2D eigenvalue weighted by Crippen LogP contribution is -2.27. The van der Waals surface area contributed by atoms with E-state index in [0.717, 1.165) is 56.3 Å². The standard InChI is InChI=1S/C21H26N8O/c22-14-7-8-28(12-14)16-5-6-18(24-11-16)26-21-25-10-13-9-17(23)20(30)29(19(13)27-21)15-3-1-2-4-15/h5-6,9-11,14-15H,1-4,7-8,12,22-23H2,(H,24,25,26,27). The summed E-state index contributed by atoms with van der Waals surface area (Å²) in [7, 11) is 0. The summed E-state index contributed by atoms with van der Waals surface area (Å²) < 4.78 is 1.75. The third kappa shape index (κ3) is 3.45. The number of anilines is 4. The van der Waals surface area contributed by atoms with E-state index in [9.17, 15) is 4.79 Å². The molecule has 2 aliphatic rings. The number of nitrogens with two attached hydrogens (primary N) is 2. The zero-order valence-electron chi connectivity index (χ0n) is 16.8. The predicted octanol–water partition coefficient (Wildman–Crippen LogP) is 2.16. The Balaban J connectivity index is 1.44. The van der Waals surface area contributed by atoms with Crippen LogP contribution in [-0.4, -0.2) is 38.7 Å². The van der Waals surface area contributed by atoms with Crippen LogP contribution >= 0.6 is 0 Å². The summed E-state index contributed by atoms with van der Waals surface area (Å²) in [6.07, 6.45) is 8.69. The van der Waals surface area contributed by atoms with Crippen molar-refractivity contribution in [3.05, 3.63) is 40.9 Å². The highest BCUT2D eigenvalue weighted by Gasteiger charge is 2.22. The highest BCUT2D eigenvalue weighted by molar-refractivity contribution is 5.79. The summed E-state index contributed by atoms with van der Waals surface area (Å²) in [6, 6.07) is 5.93. The molecule has 0 aromatic carbocycles. The number of rotatable bonds is 4. The molecule has 156 valence electrons. The molecular formula is C21H26N8O. The van der Waals surface area contributed by atoms with Gasteiger partial charge in [0, 0.05) is 36.8 Å². The van der Waals surface area contributed by atoms with Crippen molar-refractivity contribution in [2.75, 3.05) is 29.0 Å². The quantitative estimate of drug-likeness (QED) is 0.601. The van der Waals surface area contributed by atoms with Crippen LogP contribution in [0.2, 0.25) is 0 Å². The fourth-order valence-electron chi connectivity index (χ4n) is 4.49. The van der Waals surface area contributed by atoms with Gasteiger partial charge in [-0.25, -0.2) is 9.97 Å². The van der Waals surface area contributed by atoms with Crippen molar-refractivity contribution in [3.63, 3.8) is 0 Å². The average Bonchev–Trinajstić information content (AvgIpc) is 3.42. The fraction of sp³-hybridized carbons (Fsp3) is 0.429. The van der Waals surface area contributed by atoms with E-state index in [1.54, 1.807) is 16.8 Å². The SMILES string of the molecule is Nc1cc2cnc(Nc3ccc(N4CCC(N)C4)cn3)nc2n(C2CCCC2)c1=O. The number of aromatic nitrogens is 4. The zero-order chi connectivity index (χ0) is 20.7. The molecule has 0 radical (unpaired) electrons. The van der Waals surface area contributed by atoms with Gasteiger partial charge in [0.15, 0.2) is 0 Å². The average molecular weight is 406 g/mol. The van der Waals surface area contributed by atoms with Crippen LogP contribution < -0.4 is 27.2 Å². The summed E-state index contributed by atoms with van der Waals surface area (Å²) in [5, 5.41) is 3.91. The predicted molar refractivity (Wildman–Crippen MR) is 118 cm³/mol. The Morgan fingerprint density at radius 3 is 2.63 bits per heavy atom. The Morgan fingerprint density at radius 1 is 1.10 bits per heavy atom. The van der Waals surface area contributed by atoms with Gasteiger partial charge in [-0.3, -0.25) is 9.36 Å². The lowest BCUT2D eigenvalue weighted by atomic mass is 10.2. The first-order valence-corrected chi connectivity index (χ1v) is 10.5. The molecule has 1 aliphatic carbocycles. The van der Waals surface area contributed by atoms with Crippen LogP contribution in [0.3, 0.4) is 0 Å². The van der Waals surface area contributed by atoms with Crippen LogP contribution in [0.5, 0.6) is 0 Å². The van der Waals surface area contributed by atoms with Crippen LogP contribution in [-0.2, 0) is 0 Å². The number of fused-ring (bicyclic) bond motifs is 1. The lowest BCUT2D eigenvalue weighted by Gasteiger charge is -2.18. The van der Waals surface area contributed by atoms with Gasteiger partial charge in [0.25, 0.3) is 5.56 Å². The molecule has 2 fully saturated rings. The molecule has 5 rings (SSSR count). The molecule has 1 saturated carbocycles. The third-order valence-corrected chi connectivity index (χ3v) is 6.07. The Bertz CT molecular complexity index is 1120. The number of nitrogen functional groups attached to an aromatic ring is 1. The lowest BCUT2D eigenvalue weighted by molar-refractivity contribution is 0.517. The van der Waals surface area contributed by atoms with Gasteiger partial charge in [-0.1, -0.05) is 12.8 Å². The van der Waals surface area contributed by atoms with E-state index in [0.29, 0.717) is 17.4 Å². The Labute approximate surface area is 174 Å². The van der Waals surface area contributed by atoms with Gasteiger partial charge in [0.05, 0.1) is 17.6 Å². The molecule has 9 heteroatoms. The monoisotopic (exact) mass is 406 g/mol. The van der Waals surface area contributed by atoms with E-state index in [-0.39, 0.29) is 23.3 Å². The minimum absolute atomic E-state index is 0.135. The number of pyridine rings is 2. The normalized spacial score (nSPS) is 19.6. The zero-order valence-corrected chi connectivity index (χ0v) is 16.8. The third-order valence-electron chi connectivity index (χ3n) is 6.07. The minimum atomic E-state index is -0.176. The molecule has 1 aliphatic heterocycles. The van der Waals surface area contributed by atoms with Crippen LogP contribution in [0.4, 0.5) is 23.1 Å². The summed E-state index contributed by atoms with van der Waals surface area (Å²) >= 11 is 0. The molecule has 4 heterocycles. The first-order chi connectivity index (χ1) is 14.6. The van der Waals surface area contributed by atoms with Crippen LogP contribution in [0.25, 0.3) is 11.0 Å². The highest BCUT2D eigenvalue weighted by Crippen LogP contribution is 2.31. The number of nitrogens with one attached hydrogen (secondary N) is 1. The topological polar surface area (TPSA) is 128 Å². The van der Waals surface area contributed by atoms with Gasteiger partial charge in [-0.15, -0.1) is 0 Å². The maximum atomic E-state index is 12.8. The molecule has 1 saturated heterocycles. The van der Waals surface area contributed by atoms with E-state index in [1.807, 2.05) is 18.3 Å². The van der Waals surface area contributed by atoms with E-state index in [1.165, 1.54) is 0 Å². The number of hydrogen-bond acceptors (Lipinski definition) is 8. The molecular weight excluding hydrogens is 380 g/mol. The summed E-state index contributed by atoms with van der Waals surface area (Å²) in [5.74, 6) is 1.05. The van der Waals surface area contributed by atoms with Gasteiger partial charge in [-0.05, 0) is 37.5 Å². The Hall–Kier alpha value is -3.20. The van der Waals surface area contributed by atoms with Gasteiger partial charge in [0.2, 0.25) is 5.95 Å². The smallest absolute Gasteiger partial charge is 0.275 e. The van der Waals surface area contributed by atoms with Crippen LogP contribution in [0, 0.1) is 0 Å². The number of nitrogens with zero attached hydrogens (tertiary/aromatic N) is 5. The minimum Gasteiger partial charge on any atom is -0.394 e. The highest BCUT2D eigenvalue weighted by atomic mass is 16.1. The van der Waals surface area contributed by atoms with Crippen molar-refractivity contribution in [2.45, 2.75) is 44.2 Å². The molecule has 3 aromatic rings. The second-order valence-electron chi connectivity index (χ2n) is 8.21. The van der Waals surface area contributed by atoms with Crippen molar-refractivity contribution in [1.29, 1.82) is 0 Å². The largest absolute Gasteiger partial charge is 0.394 e. The van der Waals surface area contributed by atoms with E-state index >= 15 is 0 Å². The second-order valence-corrected chi connectivity index (χ2v) is 8.21. The maximum Gasteiger partial charge on any atom is 0.275 e. The molecule has 3 aromatic heterocycles. The molecule has 1 atom stereocenters. The molecule has 5 N–H and O–H groups in total. The number of hydrogen-bond donors (Lipinski definition) is 3. The van der Waals surface area contributed by atoms with Crippen molar-refractivity contribution >= 4 is 34.2 Å². The molecule has 0 spiro atoms. The Morgan fingerprint density at radius 2 is 1.93 bits per heavy atom. The molecule has 0 amide bonds. The van der Waals surface area contributed by atoms with Gasteiger partial charge >= 0.3 is 0 Å². The molecule has 1 unspecified atom stereocenters. The van der Waals surface area contributed by atoms with Crippen molar-refractivity contribution in [2.24, 2.45) is 5.73 Å². The van der Waals surface area contributed by atoms with Gasteiger partial charge in [-0.2, -0.15) is 4.98 Å². The van der Waals surface area contributed by atoms with Crippen LogP contribution in [0.15, 0.2) is 35.4 Å². The maximum absolute atomic E-state index is 12.8. The second kappa shape index (κ2) is 7.56. The van der Waals surface area contributed by atoms with E-state index < -0.39 is 0 Å². The van der Waals surface area contributed by atoms with Crippen molar-refractivity contribution in [1.82, 2.24) is 19.5 Å². The first-order valence-electron chi connectivity index (χ1n) is 10.5. The summed E-state index contributed by atoms with van der Waals surface area (Å²) in [5.41, 5.74) is 13.7. The molecule has 0 bridgehead atoms. The van der Waals surface area contributed by atoms with Crippen LogP contribution in [0.1, 0.15) is 38.1 Å². The molecule has 9 nitrogen and oxygen atoms in total.